The molecular weight excluding hydrogens is 350 g/mol. The van der Waals surface area contributed by atoms with E-state index in [9.17, 15) is 4.79 Å². The quantitative estimate of drug-likeness (QED) is 0.529. The van der Waals surface area contributed by atoms with Gasteiger partial charge in [-0.15, -0.1) is 0 Å². The zero-order valence-electron chi connectivity index (χ0n) is 13.8. The molecular formula is C20H16ClN3O2. The van der Waals surface area contributed by atoms with Crippen LogP contribution in [0.3, 0.4) is 0 Å². The summed E-state index contributed by atoms with van der Waals surface area (Å²) < 4.78 is 5.77. The van der Waals surface area contributed by atoms with E-state index in [4.69, 9.17) is 16.3 Å². The van der Waals surface area contributed by atoms with Crippen LogP contribution in [0.15, 0.2) is 78.2 Å². The van der Waals surface area contributed by atoms with Gasteiger partial charge in [0.25, 0.3) is 5.91 Å². The van der Waals surface area contributed by atoms with Crippen LogP contribution in [0, 0.1) is 0 Å². The van der Waals surface area contributed by atoms with Crippen LogP contribution in [0.5, 0.6) is 5.75 Å². The molecule has 0 saturated carbocycles. The van der Waals surface area contributed by atoms with Gasteiger partial charge in [-0.2, -0.15) is 5.10 Å². The molecule has 0 bridgehead atoms. The van der Waals surface area contributed by atoms with Crippen molar-refractivity contribution >= 4 is 23.7 Å². The van der Waals surface area contributed by atoms with Gasteiger partial charge in [-0.25, -0.2) is 5.43 Å². The van der Waals surface area contributed by atoms with Gasteiger partial charge >= 0.3 is 0 Å². The SMILES string of the molecule is O=C(N/N=C\c1cccc(OCc2ccccc2Cl)c1)c1cccnc1. The number of nitrogens with zero attached hydrogens (tertiary/aromatic N) is 2. The van der Waals surface area contributed by atoms with E-state index in [-0.39, 0.29) is 5.91 Å². The van der Waals surface area contributed by atoms with E-state index in [1.54, 1.807) is 24.5 Å². The topological polar surface area (TPSA) is 63.6 Å². The number of halogens is 1. The minimum atomic E-state index is -0.319. The Labute approximate surface area is 156 Å². The Morgan fingerprint density at radius 2 is 2.04 bits per heavy atom. The molecule has 5 nitrogen and oxygen atoms in total. The summed E-state index contributed by atoms with van der Waals surface area (Å²) in [6, 6.07) is 18.3. The standard InChI is InChI=1S/C20H16ClN3O2/c21-19-9-2-1-6-17(19)14-26-18-8-3-5-15(11-18)12-23-24-20(25)16-7-4-10-22-13-16/h1-13H,14H2,(H,24,25)/b23-12-. The lowest BCUT2D eigenvalue weighted by molar-refractivity contribution is 0.0955. The zero-order valence-corrected chi connectivity index (χ0v) is 14.6. The third-order valence-electron chi connectivity index (χ3n) is 3.51. The maximum absolute atomic E-state index is 11.9. The fraction of sp³-hybridized carbons (Fsp3) is 0.0500. The van der Waals surface area contributed by atoms with E-state index >= 15 is 0 Å². The summed E-state index contributed by atoms with van der Waals surface area (Å²) in [7, 11) is 0. The Hall–Kier alpha value is -3.18. The lowest BCUT2D eigenvalue weighted by Crippen LogP contribution is -2.17. The molecule has 0 spiro atoms. The van der Waals surface area contributed by atoms with Crippen molar-refractivity contribution in [3.63, 3.8) is 0 Å². The van der Waals surface area contributed by atoms with E-state index in [1.807, 2.05) is 48.5 Å². The van der Waals surface area contributed by atoms with Crippen molar-refractivity contribution in [2.24, 2.45) is 5.10 Å². The molecule has 1 N–H and O–H groups in total. The highest BCUT2D eigenvalue weighted by molar-refractivity contribution is 6.31. The van der Waals surface area contributed by atoms with Crippen molar-refractivity contribution in [2.75, 3.05) is 0 Å². The number of carbonyl (C=O) groups excluding carboxylic acids is 1. The Kier molecular flexibility index (Phi) is 5.96. The molecule has 26 heavy (non-hydrogen) atoms. The lowest BCUT2D eigenvalue weighted by atomic mass is 10.2. The molecule has 0 radical (unpaired) electrons. The Morgan fingerprint density at radius 1 is 1.15 bits per heavy atom. The number of pyridine rings is 1. The van der Waals surface area contributed by atoms with Crippen molar-refractivity contribution in [3.8, 4) is 5.75 Å². The summed E-state index contributed by atoms with van der Waals surface area (Å²) in [6.45, 7) is 0.373. The second-order valence-corrected chi connectivity index (χ2v) is 5.80. The number of nitrogens with one attached hydrogen (secondary N) is 1. The van der Waals surface area contributed by atoms with Gasteiger partial charge in [-0.1, -0.05) is 41.9 Å². The lowest BCUT2D eigenvalue weighted by Gasteiger charge is -2.08. The molecule has 0 aliphatic heterocycles. The minimum absolute atomic E-state index is 0.319. The molecule has 1 heterocycles. The van der Waals surface area contributed by atoms with Crippen molar-refractivity contribution in [1.82, 2.24) is 10.4 Å². The van der Waals surface area contributed by atoms with Crippen LogP contribution in [0.2, 0.25) is 5.02 Å². The van der Waals surface area contributed by atoms with Crippen molar-refractivity contribution < 1.29 is 9.53 Å². The van der Waals surface area contributed by atoms with Gasteiger partial charge in [-0.05, 0) is 35.9 Å². The number of aromatic nitrogens is 1. The molecule has 0 fully saturated rings. The Morgan fingerprint density at radius 3 is 2.85 bits per heavy atom. The minimum Gasteiger partial charge on any atom is -0.489 e. The van der Waals surface area contributed by atoms with Crippen molar-refractivity contribution in [1.29, 1.82) is 0 Å². The van der Waals surface area contributed by atoms with E-state index in [1.165, 1.54) is 6.20 Å². The van der Waals surface area contributed by atoms with Crippen LogP contribution in [0.4, 0.5) is 0 Å². The van der Waals surface area contributed by atoms with Gasteiger partial charge in [0.2, 0.25) is 0 Å². The van der Waals surface area contributed by atoms with Crippen LogP contribution >= 0.6 is 11.6 Å². The van der Waals surface area contributed by atoms with Gasteiger partial charge in [0.15, 0.2) is 0 Å². The maximum Gasteiger partial charge on any atom is 0.272 e. The number of benzene rings is 2. The average molecular weight is 366 g/mol. The van der Waals surface area contributed by atoms with E-state index < -0.39 is 0 Å². The normalized spacial score (nSPS) is 10.7. The Bertz CT molecular complexity index is 914. The van der Waals surface area contributed by atoms with Gasteiger partial charge in [0.1, 0.15) is 12.4 Å². The van der Waals surface area contributed by atoms with E-state index in [2.05, 4.69) is 15.5 Å². The Balaban J connectivity index is 1.58. The molecule has 2 aromatic carbocycles. The number of hydrogen-bond acceptors (Lipinski definition) is 4. The van der Waals surface area contributed by atoms with Crippen LogP contribution < -0.4 is 10.2 Å². The van der Waals surface area contributed by atoms with Crippen molar-refractivity contribution in [3.05, 3.63) is 94.8 Å². The highest BCUT2D eigenvalue weighted by Crippen LogP contribution is 2.19. The monoisotopic (exact) mass is 365 g/mol. The van der Waals surface area contributed by atoms with E-state index in [0.717, 1.165) is 11.1 Å². The summed E-state index contributed by atoms with van der Waals surface area (Å²) in [5.74, 6) is 0.368. The number of ether oxygens (including phenoxy) is 1. The summed E-state index contributed by atoms with van der Waals surface area (Å²) >= 11 is 6.12. The highest BCUT2D eigenvalue weighted by Gasteiger charge is 2.03. The second kappa shape index (κ2) is 8.78. The third-order valence-corrected chi connectivity index (χ3v) is 3.88. The number of hydrazone groups is 1. The smallest absolute Gasteiger partial charge is 0.272 e. The van der Waals surface area contributed by atoms with Gasteiger partial charge < -0.3 is 4.74 Å². The number of hydrogen-bond donors (Lipinski definition) is 1. The molecule has 6 heteroatoms. The van der Waals surface area contributed by atoms with Gasteiger partial charge in [0.05, 0.1) is 11.8 Å². The predicted molar refractivity (Wildman–Crippen MR) is 102 cm³/mol. The molecule has 1 aromatic heterocycles. The second-order valence-electron chi connectivity index (χ2n) is 5.39. The van der Waals surface area contributed by atoms with Crippen LogP contribution in [-0.4, -0.2) is 17.1 Å². The van der Waals surface area contributed by atoms with Gasteiger partial charge in [-0.3, -0.25) is 9.78 Å². The fourth-order valence-electron chi connectivity index (χ4n) is 2.19. The van der Waals surface area contributed by atoms with Crippen molar-refractivity contribution in [2.45, 2.75) is 6.61 Å². The van der Waals surface area contributed by atoms with Crippen LogP contribution in [0.25, 0.3) is 0 Å². The number of amides is 1. The first kappa shape index (κ1) is 17.6. The molecule has 0 unspecified atom stereocenters. The summed E-state index contributed by atoms with van der Waals surface area (Å²) in [4.78, 5) is 15.8. The summed E-state index contributed by atoms with van der Waals surface area (Å²) in [6.07, 6.45) is 4.64. The van der Waals surface area contributed by atoms with Crippen LogP contribution in [-0.2, 0) is 6.61 Å². The number of rotatable bonds is 6. The van der Waals surface area contributed by atoms with Crippen LogP contribution in [0.1, 0.15) is 21.5 Å². The average Bonchev–Trinajstić information content (AvgIpc) is 2.68. The highest BCUT2D eigenvalue weighted by atomic mass is 35.5. The first-order valence-electron chi connectivity index (χ1n) is 7.92. The molecule has 3 aromatic rings. The summed E-state index contributed by atoms with van der Waals surface area (Å²) in [5, 5.41) is 4.63. The predicted octanol–water partition coefficient (Wildman–Crippen LogP) is 4.08. The first-order valence-corrected chi connectivity index (χ1v) is 8.30. The molecule has 130 valence electrons. The third kappa shape index (κ3) is 4.91. The molecule has 0 atom stereocenters. The molecule has 1 amide bonds. The van der Waals surface area contributed by atoms with Gasteiger partial charge in [0, 0.05) is 23.0 Å². The molecule has 0 aliphatic carbocycles. The fourth-order valence-corrected chi connectivity index (χ4v) is 2.38. The van der Waals surface area contributed by atoms with E-state index in [0.29, 0.717) is 22.9 Å². The maximum atomic E-state index is 11.9. The number of carbonyl (C=O) groups is 1. The zero-order chi connectivity index (χ0) is 18.2. The summed E-state index contributed by atoms with van der Waals surface area (Å²) in [5.41, 5.74) is 4.62. The molecule has 3 rings (SSSR count). The first-order chi connectivity index (χ1) is 12.7. The molecule has 0 aliphatic rings. The molecule has 0 saturated heterocycles. The largest absolute Gasteiger partial charge is 0.489 e.